The number of anilines is 1. The van der Waals surface area contributed by atoms with Crippen LogP contribution < -0.4 is 5.32 Å². The van der Waals surface area contributed by atoms with Crippen molar-refractivity contribution in [1.82, 2.24) is 15.1 Å². The first-order chi connectivity index (χ1) is 13.7. The second-order valence-corrected chi connectivity index (χ2v) is 6.73. The monoisotopic (exact) mass is 368 g/mol. The van der Waals surface area contributed by atoms with Gasteiger partial charge in [-0.25, -0.2) is 0 Å². The highest BCUT2D eigenvalue weighted by molar-refractivity contribution is 5.99. The fourth-order valence-corrected chi connectivity index (χ4v) is 3.53. The van der Waals surface area contributed by atoms with Crippen LogP contribution in [0.15, 0.2) is 65.4 Å². The van der Waals surface area contributed by atoms with Gasteiger partial charge < -0.3 is 9.84 Å². The molecule has 6 heteroatoms. The van der Waals surface area contributed by atoms with Crippen LogP contribution in [0.5, 0.6) is 0 Å². The lowest BCUT2D eigenvalue weighted by Crippen LogP contribution is -2.03. The third-order valence-electron chi connectivity index (χ3n) is 4.97. The number of rotatable bonds is 3. The van der Waals surface area contributed by atoms with Crippen LogP contribution in [-0.4, -0.2) is 21.0 Å². The summed E-state index contributed by atoms with van der Waals surface area (Å²) in [6, 6.07) is 15.7. The molecule has 5 rings (SSSR count). The topological polar surface area (TPSA) is 80.9 Å². The molecule has 0 saturated carbocycles. The SMILES string of the molecule is Cc1c(-c2ccc3c(c2)CC(=O)N3)cccc1-c1noc(-c2ccncc2)n1. The van der Waals surface area contributed by atoms with Crippen molar-refractivity contribution in [3.05, 3.63) is 72.1 Å². The summed E-state index contributed by atoms with van der Waals surface area (Å²) in [6.45, 7) is 2.05. The van der Waals surface area contributed by atoms with E-state index in [2.05, 4.69) is 32.6 Å². The molecule has 0 fully saturated rings. The van der Waals surface area contributed by atoms with Crippen molar-refractivity contribution in [2.45, 2.75) is 13.3 Å². The summed E-state index contributed by atoms with van der Waals surface area (Å²) in [5, 5.41) is 7.04. The van der Waals surface area contributed by atoms with Crippen LogP contribution in [0.2, 0.25) is 0 Å². The third kappa shape index (κ3) is 2.75. The molecule has 0 saturated heterocycles. The summed E-state index contributed by atoms with van der Waals surface area (Å²) in [6.07, 6.45) is 3.80. The predicted octanol–water partition coefficient (Wildman–Crippen LogP) is 4.27. The fraction of sp³-hybridized carbons (Fsp3) is 0.0909. The van der Waals surface area contributed by atoms with Gasteiger partial charge in [0.1, 0.15) is 0 Å². The Morgan fingerprint density at radius 1 is 1.00 bits per heavy atom. The molecule has 1 aliphatic rings. The molecule has 0 atom stereocenters. The first-order valence-corrected chi connectivity index (χ1v) is 8.96. The lowest BCUT2D eigenvalue weighted by molar-refractivity contribution is -0.115. The predicted molar refractivity (Wildman–Crippen MR) is 105 cm³/mol. The highest BCUT2D eigenvalue weighted by Crippen LogP contribution is 2.34. The zero-order valence-electron chi connectivity index (χ0n) is 15.1. The zero-order chi connectivity index (χ0) is 19.1. The molecule has 0 radical (unpaired) electrons. The Labute approximate surface area is 161 Å². The van der Waals surface area contributed by atoms with Gasteiger partial charge >= 0.3 is 0 Å². The van der Waals surface area contributed by atoms with E-state index < -0.39 is 0 Å². The van der Waals surface area contributed by atoms with Gasteiger partial charge in [-0.2, -0.15) is 4.98 Å². The van der Waals surface area contributed by atoms with Crippen molar-refractivity contribution in [2.24, 2.45) is 0 Å². The van der Waals surface area contributed by atoms with E-state index >= 15 is 0 Å². The number of amides is 1. The van der Waals surface area contributed by atoms with Crippen LogP contribution in [0.25, 0.3) is 34.0 Å². The normalized spacial score (nSPS) is 12.7. The number of hydrogen-bond donors (Lipinski definition) is 1. The van der Waals surface area contributed by atoms with Gasteiger partial charge in [0.15, 0.2) is 0 Å². The molecule has 0 unspecified atom stereocenters. The number of hydrogen-bond acceptors (Lipinski definition) is 5. The second-order valence-electron chi connectivity index (χ2n) is 6.73. The average molecular weight is 368 g/mol. The van der Waals surface area contributed by atoms with Crippen LogP contribution in [0.1, 0.15) is 11.1 Å². The number of aromatic nitrogens is 3. The molecular formula is C22H16N4O2. The van der Waals surface area contributed by atoms with Crippen molar-refractivity contribution in [3.63, 3.8) is 0 Å². The van der Waals surface area contributed by atoms with Crippen LogP contribution in [-0.2, 0) is 11.2 Å². The van der Waals surface area contributed by atoms with Gasteiger partial charge in [0.25, 0.3) is 5.89 Å². The maximum Gasteiger partial charge on any atom is 0.258 e. The number of carbonyl (C=O) groups excluding carboxylic acids is 1. The number of nitrogens with one attached hydrogen (secondary N) is 1. The summed E-state index contributed by atoms with van der Waals surface area (Å²) < 4.78 is 5.44. The van der Waals surface area contributed by atoms with Crippen LogP contribution in [0.3, 0.4) is 0 Å². The molecular weight excluding hydrogens is 352 g/mol. The Morgan fingerprint density at radius 3 is 2.68 bits per heavy atom. The Kier molecular flexibility index (Phi) is 3.76. The molecule has 2 aromatic carbocycles. The van der Waals surface area contributed by atoms with Gasteiger partial charge in [-0.3, -0.25) is 9.78 Å². The number of pyridine rings is 1. The number of carbonyl (C=O) groups is 1. The smallest absolute Gasteiger partial charge is 0.258 e. The Bertz CT molecular complexity index is 1200. The third-order valence-corrected chi connectivity index (χ3v) is 4.97. The van der Waals surface area contributed by atoms with Gasteiger partial charge in [-0.1, -0.05) is 29.4 Å². The van der Waals surface area contributed by atoms with Crippen molar-refractivity contribution in [1.29, 1.82) is 0 Å². The average Bonchev–Trinajstić information content (AvgIpc) is 3.34. The van der Waals surface area contributed by atoms with Gasteiger partial charge in [0, 0.05) is 29.2 Å². The maximum absolute atomic E-state index is 11.6. The minimum Gasteiger partial charge on any atom is -0.334 e. The Morgan fingerprint density at radius 2 is 1.82 bits per heavy atom. The van der Waals surface area contributed by atoms with E-state index in [4.69, 9.17) is 4.52 Å². The molecule has 1 amide bonds. The minimum atomic E-state index is 0.0352. The molecule has 0 bridgehead atoms. The van der Waals surface area contributed by atoms with Crippen molar-refractivity contribution in [2.75, 3.05) is 5.32 Å². The summed E-state index contributed by atoms with van der Waals surface area (Å²) in [5.74, 6) is 1.04. The lowest BCUT2D eigenvalue weighted by atomic mass is 9.94. The van der Waals surface area contributed by atoms with E-state index in [0.717, 1.165) is 39.1 Å². The highest BCUT2D eigenvalue weighted by atomic mass is 16.5. The zero-order valence-corrected chi connectivity index (χ0v) is 15.1. The number of benzene rings is 2. The van der Waals surface area contributed by atoms with E-state index in [9.17, 15) is 4.79 Å². The first kappa shape index (κ1) is 16.4. The summed E-state index contributed by atoms with van der Waals surface area (Å²) in [7, 11) is 0. The summed E-state index contributed by atoms with van der Waals surface area (Å²) in [5.41, 5.74) is 6.85. The van der Waals surface area contributed by atoms with Crippen molar-refractivity contribution < 1.29 is 9.32 Å². The van der Waals surface area contributed by atoms with E-state index in [1.165, 1.54) is 0 Å². The standard InChI is InChI=1S/C22H16N4O2/c1-13-17(15-5-6-19-16(11-15)12-20(27)24-19)3-2-4-18(13)21-25-22(28-26-21)14-7-9-23-10-8-14/h2-11H,12H2,1H3,(H,24,27). The summed E-state index contributed by atoms with van der Waals surface area (Å²) in [4.78, 5) is 20.2. The molecule has 3 heterocycles. The van der Waals surface area contributed by atoms with E-state index in [1.807, 2.05) is 43.3 Å². The summed E-state index contributed by atoms with van der Waals surface area (Å²) >= 11 is 0. The van der Waals surface area contributed by atoms with Crippen LogP contribution in [0.4, 0.5) is 5.69 Å². The highest BCUT2D eigenvalue weighted by Gasteiger charge is 2.19. The van der Waals surface area contributed by atoms with E-state index in [-0.39, 0.29) is 5.91 Å². The Hall–Kier alpha value is -3.80. The van der Waals surface area contributed by atoms with Gasteiger partial charge in [-0.05, 0) is 53.4 Å². The van der Waals surface area contributed by atoms with Crippen molar-refractivity contribution >= 4 is 11.6 Å². The molecule has 6 nitrogen and oxygen atoms in total. The molecule has 1 aliphatic heterocycles. The molecule has 4 aromatic rings. The molecule has 28 heavy (non-hydrogen) atoms. The van der Waals surface area contributed by atoms with Gasteiger partial charge in [0.05, 0.1) is 6.42 Å². The largest absolute Gasteiger partial charge is 0.334 e. The van der Waals surface area contributed by atoms with E-state index in [0.29, 0.717) is 18.1 Å². The molecule has 1 N–H and O–H groups in total. The van der Waals surface area contributed by atoms with Crippen LogP contribution in [0, 0.1) is 6.92 Å². The first-order valence-electron chi connectivity index (χ1n) is 8.96. The number of fused-ring (bicyclic) bond motifs is 1. The fourth-order valence-electron chi connectivity index (χ4n) is 3.53. The molecule has 0 aliphatic carbocycles. The molecule has 0 spiro atoms. The maximum atomic E-state index is 11.6. The quantitative estimate of drug-likeness (QED) is 0.584. The lowest BCUT2D eigenvalue weighted by Gasteiger charge is -2.10. The molecule has 136 valence electrons. The number of nitrogens with zero attached hydrogens (tertiary/aromatic N) is 3. The molecule has 2 aromatic heterocycles. The second kappa shape index (κ2) is 6.42. The van der Waals surface area contributed by atoms with Gasteiger partial charge in [-0.15, -0.1) is 0 Å². The van der Waals surface area contributed by atoms with E-state index in [1.54, 1.807) is 12.4 Å². The van der Waals surface area contributed by atoms with Gasteiger partial charge in [0.2, 0.25) is 11.7 Å². The minimum absolute atomic E-state index is 0.0352. The van der Waals surface area contributed by atoms with Crippen molar-refractivity contribution in [3.8, 4) is 34.0 Å². The van der Waals surface area contributed by atoms with Crippen LogP contribution >= 0.6 is 0 Å². The Balaban J connectivity index is 1.55.